The number of likely N-dealkylation sites (tertiary alicyclic amines) is 1. The highest BCUT2D eigenvalue weighted by atomic mass is 32.1. The zero-order valence-corrected chi connectivity index (χ0v) is 16.1. The number of thiophene rings is 1. The molecule has 3 amide bonds. The maximum atomic E-state index is 12.7. The van der Waals surface area contributed by atoms with Crippen LogP contribution in [-0.4, -0.2) is 29.4 Å². The monoisotopic (exact) mass is 383 g/mol. The molecule has 1 saturated heterocycles. The van der Waals surface area contributed by atoms with Crippen LogP contribution in [0.2, 0.25) is 0 Å². The Bertz CT molecular complexity index is 782. The molecular formula is C21H25N3O2S. The van der Waals surface area contributed by atoms with Crippen molar-refractivity contribution in [3.63, 3.8) is 0 Å². The van der Waals surface area contributed by atoms with Crippen molar-refractivity contribution in [1.29, 1.82) is 0 Å². The van der Waals surface area contributed by atoms with Crippen LogP contribution in [0, 0.1) is 0 Å². The molecule has 5 nitrogen and oxygen atoms in total. The van der Waals surface area contributed by atoms with Crippen LogP contribution in [0.5, 0.6) is 0 Å². The van der Waals surface area contributed by atoms with Crippen LogP contribution in [-0.2, 0) is 0 Å². The molecule has 6 heteroatoms. The van der Waals surface area contributed by atoms with E-state index in [2.05, 4.69) is 27.5 Å². The van der Waals surface area contributed by atoms with E-state index in [0.29, 0.717) is 17.3 Å². The summed E-state index contributed by atoms with van der Waals surface area (Å²) >= 11 is 1.66. The summed E-state index contributed by atoms with van der Waals surface area (Å²) in [6.45, 7) is 0.772. The molecule has 2 heterocycles. The number of hydrogen-bond acceptors (Lipinski definition) is 3. The number of nitrogens with one attached hydrogen (secondary N) is 2. The Morgan fingerprint density at radius 3 is 2.48 bits per heavy atom. The highest BCUT2D eigenvalue weighted by Gasteiger charge is 2.30. The number of carbonyl (C=O) groups excluding carboxylic acids is 2. The van der Waals surface area contributed by atoms with Gasteiger partial charge in [-0.2, -0.15) is 11.3 Å². The van der Waals surface area contributed by atoms with Crippen LogP contribution < -0.4 is 10.6 Å². The van der Waals surface area contributed by atoms with Crippen molar-refractivity contribution in [2.24, 2.45) is 0 Å². The molecule has 2 fully saturated rings. The molecular weight excluding hydrogens is 358 g/mol. The minimum absolute atomic E-state index is 0.0307. The largest absolute Gasteiger partial charge is 0.349 e. The fourth-order valence-corrected chi connectivity index (χ4v) is 4.77. The van der Waals surface area contributed by atoms with E-state index in [1.165, 1.54) is 18.4 Å². The average Bonchev–Trinajstić information content (AvgIpc) is 3.43. The van der Waals surface area contributed by atoms with Gasteiger partial charge in [0.1, 0.15) is 0 Å². The average molecular weight is 384 g/mol. The standard InChI is InChI=1S/C21H25N3O2S/c25-20(22-17-4-1-2-5-17)15-7-9-18(10-8-15)23-21(26)24-12-3-6-19(24)16-11-13-27-14-16/h7-11,13-14,17,19H,1-6,12H2,(H,22,25)(H,23,26). The zero-order valence-electron chi connectivity index (χ0n) is 15.3. The van der Waals surface area contributed by atoms with E-state index in [1.807, 2.05) is 4.90 Å². The topological polar surface area (TPSA) is 61.4 Å². The fraction of sp³-hybridized carbons (Fsp3) is 0.429. The van der Waals surface area contributed by atoms with Gasteiger partial charge in [0.15, 0.2) is 0 Å². The first-order valence-corrected chi connectivity index (χ1v) is 10.7. The summed E-state index contributed by atoms with van der Waals surface area (Å²) < 4.78 is 0. The number of carbonyl (C=O) groups is 2. The summed E-state index contributed by atoms with van der Waals surface area (Å²) in [6, 6.07) is 9.65. The molecule has 2 aromatic rings. The van der Waals surface area contributed by atoms with Crippen LogP contribution in [0.1, 0.15) is 60.5 Å². The number of nitrogens with zero attached hydrogens (tertiary/aromatic N) is 1. The molecule has 0 radical (unpaired) electrons. The van der Waals surface area contributed by atoms with Crippen molar-refractivity contribution in [3.05, 3.63) is 52.2 Å². The molecule has 142 valence electrons. The minimum Gasteiger partial charge on any atom is -0.349 e. The Balaban J connectivity index is 1.36. The Morgan fingerprint density at radius 2 is 1.78 bits per heavy atom. The smallest absolute Gasteiger partial charge is 0.322 e. The third kappa shape index (κ3) is 4.16. The summed E-state index contributed by atoms with van der Waals surface area (Å²) in [5.74, 6) is -0.0307. The molecule has 1 aliphatic carbocycles. The predicted molar refractivity (Wildman–Crippen MR) is 108 cm³/mol. The van der Waals surface area contributed by atoms with Gasteiger partial charge in [-0.1, -0.05) is 12.8 Å². The van der Waals surface area contributed by atoms with E-state index >= 15 is 0 Å². The highest BCUT2D eigenvalue weighted by Crippen LogP contribution is 2.33. The van der Waals surface area contributed by atoms with Crippen molar-refractivity contribution in [3.8, 4) is 0 Å². The minimum atomic E-state index is -0.0770. The molecule has 2 aliphatic rings. The van der Waals surface area contributed by atoms with Gasteiger partial charge < -0.3 is 15.5 Å². The summed E-state index contributed by atoms with van der Waals surface area (Å²) in [5.41, 5.74) is 2.57. The first-order valence-electron chi connectivity index (χ1n) is 9.71. The summed E-state index contributed by atoms with van der Waals surface area (Å²) in [6.07, 6.45) is 6.55. The maximum absolute atomic E-state index is 12.7. The lowest BCUT2D eigenvalue weighted by molar-refractivity contribution is 0.0938. The zero-order chi connectivity index (χ0) is 18.6. The third-order valence-electron chi connectivity index (χ3n) is 5.53. The molecule has 1 atom stereocenters. The molecule has 4 rings (SSSR count). The molecule has 1 saturated carbocycles. The molecule has 0 bridgehead atoms. The summed E-state index contributed by atoms with van der Waals surface area (Å²) in [7, 11) is 0. The van der Waals surface area contributed by atoms with E-state index < -0.39 is 0 Å². The second-order valence-electron chi connectivity index (χ2n) is 7.37. The van der Waals surface area contributed by atoms with Crippen LogP contribution in [0.3, 0.4) is 0 Å². The lowest BCUT2D eigenvalue weighted by Crippen LogP contribution is -2.34. The Kier molecular flexibility index (Phi) is 5.43. The fourth-order valence-electron chi connectivity index (χ4n) is 4.06. The van der Waals surface area contributed by atoms with Crippen LogP contribution >= 0.6 is 11.3 Å². The van der Waals surface area contributed by atoms with Gasteiger partial charge in [0.25, 0.3) is 5.91 Å². The van der Waals surface area contributed by atoms with Gasteiger partial charge in [0, 0.05) is 23.8 Å². The lowest BCUT2D eigenvalue weighted by atomic mass is 10.1. The number of urea groups is 1. The first kappa shape index (κ1) is 18.0. The second-order valence-corrected chi connectivity index (χ2v) is 8.15. The van der Waals surface area contributed by atoms with Gasteiger partial charge in [-0.3, -0.25) is 4.79 Å². The number of rotatable bonds is 4. The van der Waals surface area contributed by atoms with E-state index in [1.54, 1.807) is 35.6 Å². The number of hydrogen-bond donors (Lipinski definition) is 2. The van der Waals surface area contributed by atoms with E-state index in [0.717, 1.165) is 32.2 Å². The van der Waals surface area contributed by atoms with Crippen LogP contribution in [0.25, 0.3) is 0 Å². The summed E-state index contributed by atoms with van der Waals surface area (Å²) in [4.78, 5) is 26.9. The quantitative estimate of drug-likeness (QED) is 0.797. The Morgan fingerprint density at radius 1 is 1.00 bits per heavy atom. The Labute approximate surface area is 163 Å². The number of anilines is 1. The number of amides is 3. The van der Waals surface area contributed by atoms with Crippen LogP contribution in [0.4, 0.5) is 10.5 Å². The molecule has 0 spiro atoms. The molecule has 27 heavy (non-hydrogen) atoms. The molecule has 1 unspecified atom stereocenters. The molecule has 1 aromatic carbocycles. The number of benzene rings is 1. The van der Waals surface area contributed by atoms with E-state index in [4.69, 9.17) is 0 Å². The SMILES string of the molecule is O=C(NC1CCCC1)c1ccc(NC(=O)N2CCCC2c2ccsc2)cc1. The molecule has 2 N–H and O–H groups in total. The Hall–Kier alpha value is -2.34. The first-order chi connectivity index (χ1) is 13.2. The molecule has 1 aliphatic heterocycles. The van der Waals surface area contributed by atoms with Gasteiger partial charge >= 0.3 is 6.03 Å². The van der Waals surface area contributed by atoms with Crippen LogP contribution in [0.15, 0.2) is 41.1 Å². The second kappa shape index (κ2) is 8.13. The van der Waals surface area contributed by atoms with E-state index in [-0.39, 0.29) is 18.0 Å². The van der Waals surface area contributed by atoms with Gasteiger partial charge in [-0.05, 0) is 72.3 Å². The van der Waals surface area contributed by atoms with Crippen molar-refractivity contribution < 1.29 is 9.59 Å². The molecule has 1 aromatic heterocycles. The van der Waals surface area contributed by atoms with Crippen molar-refractivity contribution in [2.75, 3.05) is 11.9 Å². The van der Waals surface area contributed by atoms with Gasteiger partial charge in [0.05, 0.1) is 6.04 Å². The lowest BCUT2D eigenvalue weighted by Gasteiger charge is -2.24. The summed E-state index contributed by atoms with van der Waals surface area (Å²) in [5, 5.41) is 10.2. The normalized spacial score (nSPS) is 20.0. The van der Waals surface area contributed by atoms with E-state index in [9.17, 15) is 9.59 Å². The van der Waals surface area contributed by atoms with Gasteiger partial charge in [0.2, 0.25) is 0 Å². The van der Waals surface area contributed by atoms with Gasteiger partial charge in [-0.25, -0.2) is 4.79 Å². The highest BCUT2D eigenvalue weighted by molar-refractivity contribution is 7.08. The van der Waals surface area contributed by atoms with Crippen molar-refractivity contribution in [2.45, 2.75) is 50.6 Å². The van der Waals surface area contributed by atoms with Crippen molar-refractivity contribution in [1.82, 2.24) is 10.2 Å². The third-order valence-corrected chi connectivity index (χ3v) is 6.23. The van der Waals surface area contributed by atoms with Crippen molar-refractivity contribution >= 4 is 29.0 Å². The van der Waals surface area contributed by atoms with Gasteiger partial charge in [-0.15, -0.1) is 0 Å². The predicted octanol–water partition coefficient (Wildman–Crippen LogP) is 4.79. The maximum Gasteiger partial charge on any atom is 0.322 e.